The fourth-order valence-corrected chi connectivity index (χ4v) is 3.24. The lowest BCUT2D eigenvalue weighted by Gasteiger charge is -2.16. The van der Waals surface area contributed by atoms with Gasteiger partial charge in [0.1, 0.15) is 11.6 Å². The Kier molecular flexibility index (Phi) is 5.75. The minimum Gasteiger partial charge on any atom is -0.207 e. The maximum Gasteiger partial charge on any atom is 0.143 e. The summed E-state index contributed by atoms with van der Waals surface area (Å²) in [7, 11) is 0. The van der Waals surface area contributed by atoms with Gasteiger partial charge in [0.05, 0.1) is 4.47 Å². The van der Waals surface area contributed by atoms with Crippen molar-refractivity contribution in [2.45, 2.75) is 12.3 Å². The van der Waals surface area contributed by atoms with Crippen molar-refractivity contribution in [1.29, 1.82) is 0 Å². The normalized spacial score (nSPS) is 12.4. The Morgan fingerprint density at radius 1 is 0.950 bits per heavy atom. The van der Waals surface area contributed by atoms with E-state index in [0.717, 1.165) is 10.0 Å². The van der Waals surface area contributed by atoms with Crippen LogP contribution < -0.4 is 0 Å². The Morgan fingerprint density at radius 3 is 2.20 bits per heavy atom. The number of alkyl halides is 1. The fraction of sp³-hybridized carbons (Fsp3) is 0.200. The number of hydrogen-bond donors (Lipinski definition) is 0. The molecule has 0 N–H and O–H groups in total. The molecule has 0 nitrogen and oxygen atoms in total. The molecule has 0 aliphatic rings. The lowest BCUT2D eigenvalue weighted by atomic mass is 9.93. The van der Waals surface area contributed by atoms with Crippen molar-refractivity contribution >= 4 is 47.8 Å². The van der Waals surface area contributed by atoms with E-state index in [1.807, 2.05) is 24.3 Å². The average molecular weight is 469 g/mol. The fourth-order valence-electron chi connectivity index (χ4n) is 2.00. The summed E-state index contributed by atoms with van der Waals surface area (Å²) in [5.41, 5.74) is 1.16. The molecule has 2 aromatic carbocycles. The quantitative estimate of drug-likeness (QED) is 0.369. The highest BCUT2D eigenvalue weighted by molar-refractivity contribution is 9.10. The smallest absolute Gasteiger partial charge is 0.143 e. The number of halogens is 5. The summed E-state index contributed by atoms with van der Waals surface area (Å²) in [4.78, 5) is 0. The monoisotopic (exact) mass is 466 g/mol. The van der Waals surface area contributed by atoms with Crippen LogP contribution >= 0.6 is 47.8 Å². The first-order valence-corrected chi connectivity index (χ1v) is 8.67. The molecule has 1 atom stereocenters. The Morgan fingerprint density at radius 2 is 1.60 bits per heavy atom. The maximum atomic E-state index is 14.0. The van der Waals surface area contributed by atoms with Gasteiger partial charge in [0, 0.05) is 15.4 Å². The molecule has 0 spiro atoms. The van der Waals surface area contributed by atoms with E-state index in [-0.39, 0.29) is 16.0 Å². The van der Waals surface area contributed by atoms with E-state index in [2.05, 4.69) is 47.8 Å². The summed E-state index contributed by atoms with van der Waals surface area (Å²) >= 11 is 9.90. The molecular formula is C15H11Br3F2. The van der Waals surface area contributed by atoms with Crippen LogP contribution in [0, 0.1) is 11.6 Å². The Bertz CT molecular complexity index is 597. The molecule has 0 radical (unpaired) electrons. The van der Waals surface area contributed by atoms with Crippen molar-refractivity contribution in [1.82, 2.24) is 0 Å². The zero-order chi connectivity index (χ0) is 14.7. The van der Waals surface area contributed by atoms with E-state index in [1.165, 1.54) is 12.1 Å². The van der Waals surface area contributed by atoms with Crippen molar-refractivity contribution < 1.29 is 8.78 Å². The molecular weight excluding hydrogens is 458 g/mol. The van der Waals surface area contributed by atoms with Gasteiger partial charge in [-0.05, 0) is 58.1 Å². The van der Waals surface area contributed by atoms with Gasteiger partial charge >= 0.3 is 0 Å². The molecule has 0 saturated heterocycles. The van der Waals surface area contributed by atoms with Gasteiger partial charge in [0.2, 0.25) is 0 Å². The van der Waals surface area contributed by atoms with Crippen LogP contribution in [0.2, 0.25) is 0 Å². The van der Waals surface area contributed by atoms with Crippen molar-refractivity contribution in [2.24, 2.45) is 0 Å². The van der Waals surface area contributed by atoms with Crippen LogP contribution in [0.4, 0.5) is 8.78 Å². The second-order valence-corrected chi connectivity index (χ2v) is 6.85. The van der Waals surface area contributed by atoms with E-state index >= 15 is 0 Å². The van der Waals surface area contributed by atoms with Crippen LogP contribution in [0.5, 0.6) is 0 Å². The topological polar surface area (TPSA) is 0 Å². The molecule has 0 aliphatic heterocycles. The standard InChI is InChI=1S/C15H11Br3F2/c16-8-10(9-1-3-11(17)4-2-9)7-12-14(19)6-5-13(18)15(12)20/h1-6,10H,7-8H2. The van der Waals surface area contributed by atoms with Crippen LogP contribution in [-0.2, 0) is 6.42 Å². The van der Waals surface area contributed by atoms with Crippen molar-refractivity contribution in [3.8, 4) is 0 Å². The first-order valence-electron chi connectivity index (χ1n) is 5.96. The third-order valence-corrected chi connectivity index (χ3v) is 5.04. The molecule has 2 rings (SSSR count). The summed E-state index contributed by atoms with van der Waals surface area (Å²) in [6.45, 7) is 0. The molecule has 106 valence electrons. The van der Waals surface area contributed by atoms with Gasteiger partial charge in [0.15, 0.2) is 0 Å². The lowest BCUT2D eigenvalue weighted by Crippen LogP contribution is -2.08. The summed E-state index contributed by atoms with van der Waals surface area (Å²) in [6, 6.07) is 10.5. The Hall–Kier alpha value is -0.260. The number of hydrogen-bond acceptors (Lipinski definition) is 0. The molecule has 0 amide bonds. The minimum absolute atomic E-state index is 0.0152. The predicted molar refractivity (Wildman–Crippen MR) is 88.4 cm³/mol. The van der Waals surface area contributed by atoms with E-state index in [0.29, 0.717) is 11.8 Å². The highest BCUT2D eigenvalue weighted by Crippen LogP contribution is 2.29. The molecule has 0 aromatic heterocycles. The second kappa shape index (κ2) is 7.14. The summed E-state index contributed by atoms with van der Waals surface area (Å²) < 4.78 is 29.1. The largest absolute Gasteiger partial charge is 0.207 e. The zero-order valence-corrected chi connectivity index (χ0v) is 15.1. The van der Waals surface area contributed by atoms with E-state index in [1.54, 1.807) is 0 Å². The van der Waals surface area contributed by atoms with E-state index in [4.69, 9.17) is 0 Å². The van der Waals surface area contributed by atoms with Gasteiger partial charge in [-0.1, -0.05) is 44.0 Å². The van der Waals surface area contributed by atoms with Crippen LogP contribution in [-0.4, -0.2) is 5.33 Å². The lowest BCUT2D eigenvalue weighted by molar-refractivity contribution is 0.541. The Labute approximate surface area is 142 Å². The van der Waals surface area contributed by atoms with Gasteiger partial charge in [-0.15, -0.1) is 0 Å². The molecule has 0 saturated carbocycles. The van der Waals surface area contributed by atoms with E-state index < -0.39 is 11.6 Å². The molecule has 20 heavy (non-hydrogen) atoms. The van der Waals surface area contributed by atoms with Gasteiger partial charge in [-0.3, -0.25) is 0 Å². The van der Waals surface area contributed by atoms with Gasteiger partial charge < -0.3 is 0 Å². The molecule has 0 bridgehead atoms. The van der Waals surface area contributed by atoms with Gasteiger partial charge in [-0.2, -0.15) is 0 Å². The predicted octanol–water partition coefficient (Wildman–Crippen LogP) is 6.21. The van der Waals surface area contributed by atoms with Crippen molar-refractivity contribution in [2.75, 3.05) is 5.33 Å². The Balaban J connectivity index is 2.31. The summed E-state index contributed by atoms with van der Waals surface area (Å²) in [6.07, 6.45) is 0.310. The highest BCUT2D eigenvalue weighted by atomic mass is 79.9. The van der Waals surface area contributed by atoms with E-state index in [9.17, 15) is 8.78 Å². The van der Waals surface area contributed by atoms with Crippen molar-refractivity contribution in [3.63, 3.8) is 0 Å². The molecule has 0 aliphatic carbocycles. The first-order chi connectivity index (χ1) is 9.52. The average Bonchev–Trinajstić information content (AvgIpc) is 2.45. The highest BCUT2D eigenvalue weighted by Gasteiger charge is 2.18. The van der Waals surface area contributed by atoms with Crippen LogP contribution in [0.25, 0.3) is 0 Å². The van der Waals surface area contributed by atoms with Crippen molar-refractivity contribution in [3.05, 3.63) is 68.1 Å². The van der Waals surface area contributed by atoms with Crippen LogP contribution in [0.3, 0.4) is 0 Å². The van der Waals surface area contributed by atoms with Crippen LogP contribution in [0.15, 0.2) is 45.3 Å². The van der Waals surface area contributed by atoms with Gasteiger partial charge in [0.25, 0.3) is 0 Å². The second-order valence-electron chi connectivity index (χ2n) is 4.43. The molecule has 1 unspecified atom stereocenters. The minimum atomic E-state index is -0.520. The van der Waals surface area contributed by atoms with Gasteiger partial charge in [-0.25, -0.2) is 8.78 Å². The summed E-state index contributed by atoms with van der Waals surface area (Å²) in [5, 5.41) is 0.639. The third-order valence-electron chi connectivity index (χ3n) is 3.12. The third kappa shape index (κ3) is 3.68. The molecule has 2 aromatic rings. The maximum absolute atomic E-state index is 14.0. The summed E-state index contributed by atoms with van der Waals surface area (Å²) in [5.74, 6) is -1.01. The molecule has 0 heterocycles. The SMILES string of the molecule is Fc1ccc(Br)c(F)c1CC(CBr)c1ccc(Br)cc1. The van der Waals surface area contributed by atoms with Crippen LogP contribution in [0.1, 0.15) is 17.0 Å². The molecule has 5 heteroatoms. The zero-order valence-electron chi connectivity index (χ0n) is 10.3. The number of rotatable bonds is 4. The first kappa shape index (κ1) is 16.1. The number of benzene rings is 2. The molecule has 0 fully saturated rings.